The normalized spacial score (nSPS) is 13.4. The Hall–Kier alpha value is 0.0969. The summed E-state index contributed by atoms with van der Waals surface area (Å²) >= 11 is 0. The number of hydrogen-bond acceptors (Lipinski definition) is 3. The molecule has 0 aliphatic carbocycles. The van der Waals surface area contributed by atoms with Crippen LogP contribution in [0.25, 0.3) is 0 Å². The Balaban J connectivity index is 4.29. The lowest BCUT2D eigenvalue weighted by molar-refractivity contribution is 0.189. The van der Waals surface area contributed by atoms with E-state index in [0.717, 1.165) is 0 Å². The average molecular weight is 331 g/mol. The zero-order chi connectivity index (χ0) is 17.0. The van der Waals surface area contributed by atoms with Gasteiger partial charge in [0.1, 0.15) is 0 Å². The van der Waals surface area contributed by atoms with Gasteiger partial charge in [-0.15, -0.1) is 0 Å². The van der Waals surface area contributed by atoms with Gasteiger partial charge in [-0.3, -0.25) is 0 Å². The van der Waals surface area contributed by atoms with Crippen LogP contribution in [0.3, 0.4) is 0 Å². The van der Waals surface area contributed by atoms with E-state index in [0.29, 0.717) is 11.5 Å². The van der Waals surface area contributed by atoms with Crippen molar-refractivity contribution in [3.8, 4) is 0 Å². The highest BCUT2D eigenvalue weighted by molar-refractivity contribution is 6.27. The summed E-state index contributed by atoms with van der Waals surface area (Å²) in [6, 6.07) is 1.34. The molecule has 134 valence electrons. The second-order valence-electron chi connectivity index (χ2n) is 7.68. The van der Waals surface area contributed by atoms with Crippen LogP contribution >= 0.6 is 0 Å². The second kappa shape index (κ2) is 12.5. The van der Waals surface area contributed by atoms with Gasteiger partial charge in [0.2, 0.25) is 0 Å². The Labute approximate surface area is 142 Å². The quantitative estimate of drug-likeness (QED) is 0.454. The summed E-state index contributed by atoms with van der Waals surface area (Å²) in [5.41, 5.74) is 0.490. The highest BCUT2D eigenvalue weighted by Crippen LogP contribution is 2.34. The third-order valence-electron chi connectivity index (χ3n) is 4.74. The van der Waals surface area contributed by atoms with E-state index >= 15 is 0 Å². The molecule has 4 heteroatoms. The van der Waals surface area contributed by atoms with Gasteiger partial charge in [-0.25, -0.2) is 0 Å². The zero-order valence-corrected chi connectivity index (χ0v) is 17.9. The van der Waals surface area contributed by atoms with Gasteiger partial charge >= 0.3 is 0 Å². The van der Waals surface area contributed by atoms with Gasteiger partial charge in [0, 0.05) is 6.10 Å². The molecule has 0 N–H and O–H groups in total. The Morgan fingerprint density at radius 3 is 1.73 bits per heavy atom. The van der Waals surface area contributed by atoms with E-state index in [-0.39, 0.29) is 9.76 Å². The van der Waals surface area contributed by atoms with Crippen LogP contribution in [0, 0.1) is 5.41 Å². The monoisotopic (exact) mass is 330 g/mol. The minimum absolute atomic E-state index is 0.384. The summed E-state index contributed by atoms with van der Waals surface area (Å²) in [7, 11) is 8.32. The highest BCUT2D eigenvalue weighted by Gasteiger charge is 2.24. The van der Waals surface area contributed by atoms with Gasteiger partial charge < -0.3 is 14.2 Å². The smallest absolute Gasteiger partial charge is 0.162 e. The molecule has 22 heavy (non-hydrogen) atoms. The predicted molar refractivity (Wildman–Crippen MR) is 102 cm³/mol. The third-order valence-corrected chi connectivity index (χ3v) is 6.86. The Kier molecular flexibility index (Phi) is 12.6. The number of rotatable bonds is 14. The van der Waals surface area contributed by atoms with Crippen molar-refractivity contribution in [2.75, 3.05) is 41.3 Å². The van der Waals surface area contributed by atoms with E-state index in [1.165, 1.54) is 57.7 Å². The first-order chi connectivity index (χ1) is 10.3. The van der Waals surface area contributed by atoms with Gasteiger partial charge in [0.05, 0.1) is 0 Å². The molecule has 3 nitrogen and oxygen atoms in total. The third kappa shape index (κ3) is 11.6. The molecule has 0 saturated carbocycles. The molecule has 0 aromatic heterocycles. The molecule has 0 aromatic rings. The van der Waals surface area contributed by atoms with Crippen LogP contribution < -0.4 is 0 Å². The van der Waals surface area contributed by atoms with Crippen molar-refractivity contribution in [2.45, 2.75) is 71.4 Å². The van der Waals surface area contributed by atoms with Crippen molar-refractivity contribution in [3.05, 3.63) is 0 Å². The summed E-state index contributed by atoms with van der Waals surface area (Å²) in [6.45, 7) is 9.41. The molecule has 0 radical (unpaired) electrons. The first kappa shape index (κ1) is 22.1. The zero-order valence-electron chi connectivity index (χ0n) is 16.5. The molecule has 0 aliphatic rings. The van der Waals surface area contributed by atoms with Crippen LogP contribution in [0.2, 0.25) is 6.04 Å². The number of nitrogens with zero attached hydrogens (tertiary/aromatic N) is 2. The van der Waals surface area contributed by atoms with E-state index in [1.807, 2.05) is 0 Å². The van der Waals surface area contributed by atoms with Gasteiger partial charge in [-0.05, 0) is 91.3 Å². The van der Waals surface area contributed by atoms with E-state index in [4.69, 9.17) is 4.43 Å². The van der Waals surface area contributed by atoms with Crippen LogP contribution in [0.5, 0.6) is 0 Å². The lowest BCUT2D eigenvalue weighted by Gasteiger charge is -2.31. The summed E-state index contributed by atoms with van der Waals surface area (Å²) < 4.78 is 6.21. The highest BCUT2D eigenvalue weighted by atomic mass is 28.2. The minimum atomic E-state index is -0.384. The molecule has 0 amide bonds. The summed E-state index contributed by atoms with van der Waals surface area (Å²) in [5, 5.41) is 0. The maximum atomic E-state index is 6.21. The fraction of sp³-hybridized carbons (Fsp3) is 1.00. The lowest BCUT2D eigenvalue weighted by atomic mass is 9.82. The Bertz CT molecular complexity index is 241. The Morgan fingerprint density at radius 1 is 0.909 bits per heavy atom. The van der Waals surface area contributed by atoms with Crippen LogP contribution in [-0.2, 0) is 4.43 Å². The molecule has 0 saturated heterocycles. The topological polar surface area (TPSA) is 15.7 Å². The van der Waals surface area contributed by atoms with Crippen molar-refractivity contribution >= 4 is 9.76 Å². The summed E-state index contributed by atoms with van der Waals surface area (Å²) in [4.78, 5) is 4.61. The second-order valence-corrected chi connectivity index (χ2v) is 8.93. The van der Waals surface area contributed by atoms with Crippen molar-refractivity contribution < 1.29 is 4.43 Å². The standard InChI is InChI=1S/C18H42N2OSi/c1-8-17(9-2)21-22-16-18(3,12-10-14-19(4)5)13-11-15-20(6)7/h17H,8-16,22H2,1-7H3. The van der Waals surface area contributed by atoms with Crippen LogP contribution in [-0.4, -0.2) is 66.9 Å². The fourth-order valence-corrected chi connectivity index (χ4v) is 4.93. The first-order valence-electron chi connectivity index (χ1n) is 9.24. The molecule has 0 aliphatic heterocycles. The van der Waals surface area contributed by atoms with Crippen molar-refractivity contribution in [1.82, 2.24) is 9.80 Å². The summed E-state index contributed by atoms with van der Waals surface area (Å²) in [6.07, 6.45) is 8.16. The van der Waals surface area contributed by atoms with Crippen LogP contribution in [0.1, 0.15) is 59.3 Å². The Morgan fingerprint density at radius 2 is 1.36 bits per heavy atom. The predicted octanol–water partition coefficient (Wildman–Crippen LogP) is 3.38. The molecule has 0 rings (SSSR count). The fourth-order valence-electron chi connectivity index (χ4n) is 3.02. The van der Waals surface area contributed by atoms with Crippen molar-refractivity contribution in [2.24, 2.45) is 5.41 Å². The SMILES string of the molecule is CCC(CC)O[SiH2]CC(C)(CCCN(C)C)CCCN(C)C. The maximum absolute atomic E-state index is 6.21. The minimum Gasteiger partial charge on any atom is -0.421 e. The maximum Gasteiger partial charge on any atom is 0.162 e. The lowest BCUT2D eigenvalue weighted by Crippen LogP contribution is -2.25. The molecular formula is C18H42N2OSi. The molecule has 0 atom stereocenters. The van der Waals surface area contributed by atoms with E-state index in [1.54, 1.807) is 0 Å². The molecule has 0 aromatic carbocycles. The number of hydrogen-bond donors (Lipinski definition) is 0. The molecular weight excluding hydrogens is 288 g/mol. The largest absolute Gasteiger partial charge is 0.421 e. The van der Waals surface area contributed by atoms with Crippen LogP contribution in [0.15, 0.2) is 0 Å². The van der Waals surface area contributed by atoms with Crippen molar-refractivity contribution in [1.29, 1.82) is 0 Å². The van der Waals surface area contributed by atoms with E-state index in [9.17, 15) is 0 Å². The van der Waals surface area contributed by atoms with Gasteiger partial charge in [0.25, 0.3) is 0 Å². The van der Waals surface area contributed by atoms with Crippen molar-refractivity contribution in [3.63, 3.8) is 0 Å². The van der Waals surface area contributed by atoms with Gasteiger partial charge in [-0.2, -0.15) is 0 Å². The molecule has 0 fully saturated rings. The van der Waals surface area contributed by atoms with Gasteiger partial charge in [0.15, 0.2) is 9.76 Å². The average Bonchev–Trinajstić information content (AvgIpc) is 2.43. The van der Waals surface area contributed by atoms with E-state index in [2.05, 4.69) is 58.8 Å². The summed E-state index contributed by atoms with van der Waals surface area (Å²) in [5.74, 6) is 0. The molecule has 0 bridgehead atoms. The first-order valence-corrected chi connectivity index (χ1v) is 10.8. The van der Waals surface area contributed by atoms with Crippen LogP contribution in [0.4, 0.5) is 0 Å². The van der Waals surface area contributed by atoms with E-state index < -0.39 is 0 Å². The van der Waals surface area contributed by atoms with Gasteiger partial charge in [-0.1, -0.05) is 20.8 Å². The molecule has 0 heterocycles. The molecule has 0 spiro atoms. The molecule has 0 unspecified atom stereocenters.